The Morgan fingerprint density at radius 2 is 1.50 bits per heavy atom. The highest BCUT2D eigenvalue weighted by molar-refractivity contribution is 6.12. The molecule has 0 spiro atoms. The molecule has 0 aliphatic carbocycles. The third-order valence-corrected chi connectivity index (χ3v) is 5.09. The van der Waals surface area contributed by atoms with Crippen LogP contribution in [0.5, 0.6) is 23.0 Å². The van der Waals surface area contributed by atoms with Crippen LogP contribution in [0.1, 0.15) is 12.0 Å². The molecule has 3 aromatic rings. The van der Waals surface area contributed by atoms with Gasteiger partial charge >= 0.3 is 0 Å². The zero-order valence-electron chi connectivity index (χ0n) is 15.3. The van der Waals surface area contributed by atoms with Gasteiger partial charge in [0.1, 0.15) is 0 Å². The van der Waals surface area contributed by atoms with Gasteiger partial charge in [0.15, 0.2) is 23.0 Å². The molecule has 0 bridgehead atoms. The van der Waals surface area contributed by atoms with Crippen LogP contribution in [0, 0.1) is 0 Å². The van der Waals surface area contributed by atoms with Crippen molar-refractivity contribution in [1.29, 1.82) is 0 Å². The van der Waals surface area contributed by atoms with E-state index in [4.69, 9.17) is 18.9 Å². The van der Waals surface area contributed by atoms with E-state index in [1.165, 1.54) is 0 Å². The molecule has 0 unspecified atom stereocenters. The van der Waals surface area contributed by atoms with Crippen molar-refractivity contribution in [2.45, 2.75) is 19.4 Å². The lowest BCUT2D eigenvalue weighted by Gasteiger charge is -2.24. The first-order valence-electron chi connectivity index (χ1n) is 8.50. The normalized spacial score (nSPS) is 13.1. The number of hydrogen-bond donors (Lipinski definition) is 0. The maximum Gasteiger partial charge on any atom is 0.259 e. The summed E-state index contributed by atoms with van der Waals surface area (Å²) < 4.78 is 23.9. The molecule has 0 saturated carbocycles. The van der Waals surface area contributed by atoms with Gasteiger partial charge in [-0.2, -0.15) is 0 Å². The molecule has 6 heteroatoms. The summed E-state index contributed by atoms with van der Waals surface area (Å²) in [4.78, 5) is 13.2. The molecule has 136 valence electrons. The van der Waals surface area contributed by atoms with Crippen molar-refractivity contribution < 1.29 is 18.9 Å². The zero-order valence-corrected chi connectivity index (χ0v) is 15.3. The van der Waals surface area contributed by atoms with E-state index in [9.17, 15) is 4.79 Å². The van der Waals surface area contributed by atoms with Crippen molar-refractivity contribution in [3.05, 3.63) is 34.1 Å². The average molecular weight is 355 g/mol. The SMILES string of the molecule is COc1cc2c(=O)n3c4c(cc(OC)c(OC)c4c2cc1OC)CCC3. The van der Waals surface area contributed by atoms with E-state index in [1.54, 1.807) is 34.5 Å². The van der Waals surface area contributed by atoms with Gasteiger partial charge < -0.3 is 23.5 Å². The first-order valence-corrected chi connectivity index (χ1v) is 8.50. The van der Waals surface area contributed by atoms with Crippen LogP contribution in [0.4, 0.5) is 0 Å². The Balaban J connectivity index is 2.31. The first-order chi connectivity index (χ1) is 12.6. The fourth-order valence-electron chi connectivity index (χ4n) is 3.94. The van der Waals surface area contributed by atoms with Gasteiger partial charge in [0, 0.05) is 11.9 Å². The predicted molar refractivity (Wildman–Crippen MR) is 100 cm³/mol. The number of aromatic nitrogens is 1. The Labute approximate surface area is 150 Å². The molecule has 1 aromatic heterocycles. The molecular formula is C20H21NO5. The average Bonchev–Trinajstić information content (AvgIpc) is 2.69. The van der Waals surface area contributed by atoms with Crippen LogP contribution < -0.4 is 24.5 Å². The number of aryl methyl sites for hydroxylation is 2. The maximum absolute atomic E-state index is 13.2. The summed E-state index contributed by atoms with van der Waals surface area (Å²) >= 11 is 0. The molecule has 1 aliphatic rings. The Bertz CT molecular complexity index is 1080. The van der Waals surface area contributed by atoms with Crippen molar-refractivity contribution >= 4 is 21.7 Å². The van der Waals surface area contributed by atoms with Gasteiger partial charge in [0.2, 0.25) is 0 Å². The summed E-state index contributed by atoms with van der Waals surface area (Å²) in [6.07, 6.45) is 1.81. The Morgan fingerprint density at radius 3 is 2.12 bits per heavy atom. The number of rotatable bonds is 4. The second-order valence-corrected chi connectivity index (χ2v) is 6.31. The highest BCUT2D eigenvalue weighted by Crippen LogP contribution is 2.44. The number of ether oxygens (including phenoxy) is 4. The second-order valence-electron chi connectivity index (χ2n) is 6.31. The van der Waals surface area contributed by atoms with Gasteiger partial charge in [-0.15, -0.1) is 0 Å². The van der Waals surface area contributed by atoms with Crippen LogP contribution in [-0.2, 0) is 13.0 Å². The van der Waals surface area contributed by atoms with Gasteiger partial charge in [-0.3, -0.25) is 4.79 Å². The molecule has 0 radical (unpaired) electrons. The summed E-state index contributed by atoms with van der Waals surface area (Å²) in [6, 6.07) is 5.56. The quantitative estimate of drug-likeness (QED) is 0.673. The molecule has 0 atom stereocenters. The highest BCUT2D eigenvalue weighted by Gasteiger charge is 2.24. The van der Waals surface area contributed by atoms with Crippen molar-refractivity contribution in [3.63, 3.8) is 0 Å². The third kappa shape index (κ3) is 2.14. The Hall–Kier alpha value is -2.89. The molecule has 26 heavy (non-hydrogen) atoms. The van der Waals surface area contributed by atoms with E-state index in [2.05, 4.69) is 0 Å². The Morgan fingerprint density at radius 1 is 0.846 bits per heavy atom. The van der Waals surface area contributed by atoms with E-state index >= 15 is 0 Å². The number of methoxy groups -OCH3 is 4. The lowest BCUT2D eigenvalue weighted by atomic mass is 9.96. The number of pyridine rings is 1. The minimum atomic E-state index is -0.0263. The standard InChI is InChI=1S/C20H21NO5/c1-23-14-9-12-13(10-15(14)24-2)20(22)21-7-5-6-11-8-16(25-3)19(26-4)17(12)18(11)21/h8-10H,5-7H2,1-4H3. The number of fused-ring (bicyclic) bond motifs is 2. The molecule has 0 fully saturated rings. The fraction of sp³-hybridized carbons (Fsp3) is 0.350. The zero-order chi connectivity index (χ0) is 18.4. The topological polar surface area (TPSA) is 58.9 Å². The molecule has 0 N–H and O–H groups in total. The monoisotopic (exact) mass is 355 g/mol. The van der Waals surface area contributed by atoms with Gasteiger partial charge in [0.05, 0.1) is 44.7 Å². The molecule has 2 aromatic carbocycles. The Kier molecular flexibility index (Phi) is 3.90. The molecule has 4 rings (SSSR count). The van der Waals surface area contributed by atoms with Crippen LogP contribution in [-0.4, -0.2) is 33.0 Å². The minimum Gasteiger partial charge on any atom is -0.493 e. The fourth-order valence-corrected chi connectivity index (χ4v) is 3.94. The first kappa shape index (κ1) is 16.6. The molecular weight excluding hydrogens is 334 g/mol. The van der Waals surface area contributed by atoms with Crippen LogP contribution in [0.15, 0.2) is 23.0 Å². The molecule has 0 amide bonds. The minimum absolute atomic E-state index is 0.0263. The summed E-state index contributed by atoms with van der Waals surface area (Å²) in [5.74, 6) is 2.39. The third-order valence-electron chi connectivity index (χ3n) is 5.09. The van der Waals surface area contributed by atoms with E-state index in [1.807, 2.05) is 16.7 Å². The lowest BCUT2D eigenvalue weighted by Crippen LogP contribution is -2.25. The van der Waals surface area contributed by atoms with E-state index in [0.717, 1.165) is 34.7 Å². The van der Waals surface area contributed by atoms with Crippen molar-refractivity contribution in [2.75, 3.05) is 28.4 Å². The van der Waals surface area contributed by atoms with Crippen molar-refractivity contribution in [2.24, 2.45) is 0 Å². The van der Waals surface area contributed by atoms with Gasteiger partial charge in [-0.1, -0.05) is 0 Å². The van der Waals surface area contributed by atoms with Gasteiger partial charge in [0.25, 0.3) is 5.56 Å². The lowest BCUT2D eigenvalue weighted by molar-refractivity contribution is 0.355. The van der Waals surface area contributed by atoms with E-state index in [0.29, 0.717) is 34.9 Å². The molecule has 2 heterocycles. The number of benzene rings is 2. The molecule has 1 aliphatic heterocycles. The van der Waals surface area contributed by atoms with Gasteiger partial charge in [-0.25, -0.2) is 0 Å². The molecule has 0 saturated heterocycles. The summed E-state index contributed by atoms with van der Waals surface area (Å²) in [5, 5.41) is 2.23. The van der Waals surface area contributed by atoms with Crippen LogP contribution in [0.2, 0.25) is 0 Å². The van der Waals surface area contributed by atoms with Crippen LogP contribution in [0.25, 0.3) is 21.7 Å². The van der Waals surface area contributed by atoms with Gasteiger partial charge in [-0.05, 0) is 36.6 Å². The maximum atomic E-state index is 13.2. The van der Waals surface area contributed by atoms with Crippen LogP contribution in [0.3, 0.4) is 0 Å². The van der Waals surface area contributed by atoms with Crippen molar-refractivity contribution in [1.82, 2.24) is 4.57 Å². The predicted octanol–water partition coefficient (Wildman–Crippen LogP) is 3.14. The highest BCUT2D eigenvalue weighted by atomic mass is 16.5. The van der Waals surface area contributed by atoms with Crippen molar-refractivity contribution in [3.8, 4) is 23.0 Å². The largest absolute Gasteiger partial charge is 0.493 e. The van der Waals surface area contributed by atoms with E-state index < -0.39 is 0 Å². The molecule has 6 nitrogen and oxygen atoms in total. The van der Waals surface area contributed by atoms with Crippen LogP contribution >= 0.6 is 0 Å². The van der Waals surface area contributed by atoms with E-state index in [-0.39, 0.29) is 5.56 Å². The smallest absolute Gasteiger partial charge is 0.259 e. The second kappa shape index (κ2) is 6.12. The number of hydrogen-bond acceptors (Lipinski definition) is 5. The summed E-state index contributed by atoms with van der Waals surface area (Å²) in [5.41, 5.74) is 1.98. The summed E-state index contributed by atoms with van der Waals surface area (Å²) in [7, 11) is 6.39. The number of nitrogens with zero attached hydrogens (tertiary/aromatic N) is 1. The summed E-state index contributed by atoms with van der Waals surface area (Å²) in [6.45, 7) is 0.683.